The predicted molar refractivity (Wildman–Crippen MR) is 87.4 cm³/mol. The van der Waals surface area contributed by atoms with Crippen molar-refractivity contribution in [3.8, 4) is 0 Å². The van der Waals surface area contributed by atoms with Crippen LogP contribution < -0.4 is 21.6 Å². The van der Waals surface area contributed by atoms with Crippen molar-refractivity contribution in [3.05, 3.63) is 79.0 Å². The maximum atomic E-state index is 6.10. The number of hydrogen-bond acceptors (Lipinski definition) is 2. The molecule has 0 radical (unpaired) electrons. The normalized spacial score (nSPS) is 10.7. The molecule has 0 spiro atoms. The van der Waals surface area contributed by atoms with Gasteiger partial charge in [0, 0.05) is 11.5 Å². The van der Waals surface area contributed by atoms with Gasteiger partial charge in [0.25, 0.3) is 0 Å². The Kier molecular flexibility index (Phi) is 3.76. The minimum atomic E-state index is -0.654. The molecule has 3 heteroatoms. The van der Waals surface area contributed by atoms with Crippen LogP contribution in [0.25, 0.3) is 0 Å². The average molecular weight is 278 g/mol. The fourth-order valence-electron chi connectivity index (χ4n) is 2.18. The van der Waals surface area contributed by atoms with Crippen LogP contribution >= 0.6 is 7.92 Å². The van der Waals surface area contributed by atoms with Crippen LogP contribution in [0.5, 0.6) is 0 Å². The number of aromatic nitrogens is 1. The Balaban J connectivity index is 2.17. The zero-order valence-electron chi connectivity index (χ0n) is 11.0. The molecule has 1 heterocycles. The summed E-state index contributed by atoms with van der Waals surface area (Å²) in [4.78, 5) is 4.25. The first kappa shape index (κ1) is 12.8. The average Bonchev–Trinajstić information content (AvgIpc) is 2.52. The fraction of sp³-hybridized carbons (Fsp3) is 0. The van der Waals surface area contributed by atoms with E-state index in [1.54, 1.807) is 6.20 Å². The van der Waals surface area contributed by atoms with Crippen molar-refractivity contribution < 1.29 is 0 Å². The number of anilines is 1. The maximum absolute atomic E-state index is 6.10. The van der Waals surface area contributed by atoms with Gasteiger partial charge in [-0.25, -0.2) is 4.98 Å². The predicted octanol–water partition coefficient (Wildman–Crippen LogP) is 2.42. The summed E-state index contributed by atoms with van der Waals surface area (Å²) in [6.45, 7) is 0. The molecule has 0 saturated heterocycles. The summed E-state index contributed by atoms with van der Waals surface area (Å²) >= 11 is 0. The zero-order chi connectivity index (χ0) is 13.8. The van der Waals surface area contributed by atoms with Crippen molar-refractivity contribution >= 4 is 29.7 Å². The highest BCUT2D eigenvalue weighted by atomic mass is 31.1. The first-order valence-corrected chi connectivity index (χ1v) is 7.81. The van der Waals surface area contributed by atoms with E-state index in [4.69, 9.17) is 5.73 Å². The van der Waals surface area contributed by atoms with E-state index in [0.717, 1.165) is 5.30 Å². The van der Waals surface area contributed by atoms with Gasteiger partial charge >= 0.3 is 0 Å². The van der Waals surface area contributed by atoms with Crippen molar-refractivity contribution in [2.45, 2.75) is 0 Å². The Labute approximate surface area is 120 Å². The Morgan fingerprint density at radius 2 is 1.25 bits per heavy atom. The zero-order valence-corrected chi connectivity index (χ0v) is 11.9. The Hall–Kier alpha value is -2.18. The molecular formula is C17H15N2P. The fourth-order valence-corrected chi connectivity index (χ4v) is 4.50. The molecule has 0 aliphatic carbocycles. The van der Waals surface area contributed by atoms with Crippen LogP contribution in [0.2, 0.25) is 0 Å². The number of nitrogen functional groups attached to an aromatic ring is 1. The Bertz CT molecular complexity index is 644. The molecule has 1 aromatic heterocycles. The van der Waals surface area contributed by atoms with Crippen LogP contribution in [-0.4, -0.2) is 4.98 Å². The van der Waals surface area contributed by atoms with Gasteiger partial charge in [0.1, 0.15) is 5.82 Å². The summed E-state index contributed by atoms with van der Waals surface area (Å²) in [6, 6.07) is 25.0. The second kappa shape index (κ2) is 5.85. The molecule has 20 heavy (non-hydrogen) atoms. The number of nitrogens with zero attached hydrogens (tertiary/aromatic N) is 1. The molecule has 3 aromatic rings. The highest BCUT2D eigenvalue weighted by Gasteiger charge is 2.18. The second-order valence-corrected chi connectivity index (χ2v) is 6.60. The summed E-state index contributed by atoms with van der Waals surface area (Å²) in [5.74, 6) is 0.617. The molecule has 0 aliphatic heterocycles. The van der Waals surface area contributed by atoms with Gasteiger partial charge in [-0.3, -0.25) is 0 Å². The molecule has 2 N–H and O–H groups in total. The third-order valence-corrected chi connectivity index (χ3v) is 5.57. The number of benzene rings is 2. The molecule has 0 bridgehead atoms. The van der Waals surface area contributed by atoms with E-state index in [9.17, 15) is 0 Å². The van der Waals surface area contributed by atoms with Gasteiger partial charge in [-0.05, 0) is 30.7 Å². The highest BCUT2D eigenvalue weighted by molar-refractivity contribution is 7.80. The summed E-state index contributed by atoms with van der Waals surface area (Å²) in [5, 5.41) is 3.68. The summed E-state index contributed by atoms with van der Waals surface area (Å²) in [5.41, 5.74) is 6.10. The molecule has 3 rings (SSSR count). The first-order chi connectivity index (χ1) is 9.86. The van der Waals surface area contributed by atoms with Gasteiger partial charge in [-0.2, -0.15) is 0 Å². The van der Waals surface area contributed by atoms with Gasteiger partial charge in [-0.1, -0.05) is 60.7 Å². The lowest BCUT2D eigenvalue weighted by Gasteiger charge is -2.20. The minimum absolute atomic E-state index is 0.617. The largest absolute Gasteiger partial charge is 0.383 e. The summed E-state index contributed by atoms with van der Waals surface area (Å²) in [7, 11) is -0.654. The lowest BCUT2D eigenvalue weighted by atomic mass is 10.4. The van der Waals surface area contributed by atoms with Crippen LogP contribution in [0.1, 0.15) is 0 Å². The topological polar surface area (TPSA) is 38.9 Å². The van der Waals surface area contributed by atoms with E-state index in [0.29, 0.717) is 5.82 Å². The van der Waals surface area contributed by atoms with E-state index >= 15 is 0 Å². The van der Waals surface area contributed by atoms with Gasteiger partial charge < -0.3 is 5.73 Å². The molecule has 98 valence electrons. The molecule has 0 unspecified atom stereocenters. The molecule has 2 nitrogen and oxygen atoms in total. The summed E-state index contributed by atoms with van der Waals surface area (Å²) in [6.07, 6.45) is 1.74. The van der Waals surface area contributed by atoms with E-state index in [2.05, 4.69) is 59.6 Å². The van der Waals surface area contributed by atoms with Gasteiger partial charge in [0.15, 0.2) is 0 Å². The molecule has 0 amide bonds. The first-order valence-electron chi connectivity index (χ1n) is 6.47. The van der Waals surface area contributed by atoms with Crippen LogP contribution in [0.3, 0.4) is 0 Å². The Morgan fingerprint density at radius 3 is 1.75 bits per heavy atom. The van der Waals surface area contributed by atoms with Crippen molar-refractivity contribution in [2.75, 3.05) is 5.73 Å². The number of hydrogen-bond donors (Lipinski definition) is 1. The Morgan fingerprint density at radius 1 is 0.700 bits per heavy atom. The number of pyridine rings is 1. The van der Waals surface area contributed by atoms with Crippen LogP contribution in [0.15, 0.2) is 79.0 Å². The van der Waals surface area contributed by atoms with Crippen LogP contribution in [0, 0.1) is 0 Å². The third kappa shape index (κ3) is 2.56. The van der Waals surface area contributed by atoms with E-state index < -0.39 is 7.92 Å². The summed E-state index contributed by atoms with van der Waals surface area (Å²) < 4.78 is 0. The maximum Gasteiger partial charge on any atom is 0.131 e. The van der Waals surface area contributed by atoms with Crippen molar-refractivity contribution in [3.63, 3.8) is 0 Å². The van der Waals surface area contributed by atoms with Crippen LogP contribution in [0.4, 0.5) is 5.82 Å². The standard InChI is InChI=1S/C17H15N2P/c18-17-16(12-7-13-19-17)20(14-8-3-1-4-9-14)15-10-5-2-6-11-15/h1-13H,(H2,18,19). The van der Waals surface area contributed by atoms with E-state index in [1.807, 2.05) is 18.2 Å². The smallest absolute Gasteiger partial charge is 0.131 e. The molecule has 0 atom stereocenters. The lowest BCUT2D eigenvalue weighted by Crippen LogP contribution is -2.23. The van der Waals surface area contributed by atoms with Gasteiger partial charge in [-0.15, -0.1) is 0 Å². The number of nitrogens with two attached hydrogens (primary N) is 1. The third-order valence-electron chi connectivity index (χ3n) is 3.09. The van der Waals surface area contributed by atoms with Crippen LogP contribution in [-0.2, 0) is 0 Å². The van der Waals surface area contributed by atoms with Crippen molar-refractivity contribution in [1.82, 2.24) is 4.98 Å². The molecule has 2 aromatic carbocycles. The highest BCUT2D eigenvalue weighted by Crippen LogP contribution is 2.33. The van der Waals surface area contributed by atoms with Crippen molar-refractivity contribution in [1.29, 1.82) is 0 Å². The lowest BCUT2D eigenvalue weighted by molar-refractivity contribution is 1.36. The quantitative estimate of drug-likeness (QED) is 0.747. The van der Waals surface area contributed by atoms with E-state index in [-0.39, 0.29) is 0 Å². The second-order valence-electron chi connectivity index (χ2n) is 4.41. The minimum Gasteiger partial charge on any atom is -0.383 e. The molecular weight excluding hydrogens is 263 g/mol. The number of rotatable bonds is 3. The van der Waals surface area contributed by atoms with Gasteiger partial charge in [0.2, 0.25) is 0 Å². The molecule has 0 fully saturated rings. The SMILES string of the molecule is Nc1ncccc1P(c1ccccc1)c1ccccc1. The molecule has 0 saturated carbocycles. The van der Waals surface area contributed by atoms with Gasteiger partial charge in [0.05, 0.1) is 0 Å². The van der Waals surface area contributed by atoms with E-state index in [1.165, 1.54) is 10.6 Å². The monoisotopic (exact) mass is 278 g/mol. The van der Waals surface area contributed by atoms with Crippen molar-refractivity contribution in [2.24, 2.45) is 0 Å². The molecule has 0 aliphatic rings.